The smallest absolute Gasteiger partial charge is 0.244 e. The van der Waals surface area contributed by atoms with Crippen LogP contribution in [0.1, 0.15) is 11.1 Å². The summed E-state index contributed by atoms with van der Waals surface area (Å²) in [6.45, 7) is 0.0734. The number of benzene rings is 3. The second-order valence-electron chi connectivity index (χ2n) is 7.75. The number of carbonyl (C=O) groups is 1. The highest BCUT2D eigenvalue weighted by Crippen LogP contribution is 2.26. The van der Waals surface area contributed by atoms with Gasteiger partial charge in [0.25, 0.3) is 0 Å². The van der Waals surface area contributed by atoms with Crippen molar-refractivity contribution in [3.63, 3.8) is 0 Å². The van der Waals surface area contributed by atoms with Crippen molar-refractivity contribution in [3.05, 3.63) is 94.8 Å². The van der Waals surface area contributed by atoms with Crippen molar-refractivity contribution < 1.29 is 17.6 Å². The first-order valence-corrected chi connectivity index (χ1v) is 12.2. The van der Waals surface area contributed by atoms with E-state index in [1.165, 1.54) is 27.8 Å². The van der Waals surface area contributed by atoms with Crippen LogP contribution in [-0.2, 0) is 33.5 Å². The maximum Gasteiger partial charge on any atom is 0.244 e. The molecule has 0 atom stereocenters. The molecular formula is C24H21ClFN3O3S. The molecule has 0 aliphatic heterocycles. The third kappa shape index (κ3) is 5.23. The summed E-state index contributed by atoms with van der Waals surface area (Å²) in [5, 5.41) is 4.90. The minimum Gasteiger partial charge on any atom is -0.340 e. The number of likely N-dealkylation sites (N-methyl/N-ethyl adjacent to an activating group) is 1. The van der Waals surface area contributed by atoms with E-state index in [1.807, 2.05) is 6.07 Å². The average Bonchev–Trinajstić information content (AvgIpc) is 3.12. The minimum absolute atomic E-state index is 0.174. The first-order valence-electron chi connectivity index (χ1n) is 10.1. The molecule has 3 aromatic carbocycles. The highest BCUT2D eigenvalue weighted by atomic mass is 35.5. The number of nitrogens with zero attached hydrogens (tertiary/aromatic N) is 3. The van der Waals surface area contributed by atoms with Crippen LogP contribution in [0.3, 0.4) is 0 Å². The summed E-state index contributed by atoms with van der Waals surface area (Å²) in [5.74, 6) is -1.11. The Morgan fingerprint density at radius 3 is 2.48 bits per heavy atom. The van der Waals surface area contributed by atoms with Gasteiger partial charge in [0.1, 0.15) is 12.4 Å². The molecule has 0 unspecified atom stereocenters. The zero-order valence-electron chi connectivity index (χ0n) is 17.8. The summed E-state index contributed by atoms with van der Waals surface area (Å²) in [6, 6.07) is 19.6. The van der Waals surface area contributed by atoms with Gasteiger partial charge in [-0.05, 0) is 41.5 Å². The predicted octanol–water partition coefficient (Wildman–Crippen LogP) is 4.46. The summed E-state index contributed by atoms with van der Waals surface area (Å²) in [6.07, 6.45) is 0. The lowest BCUT2D eigenvalue weighted by Gasteiger charge is -2.17. The van der Waals surface area contributed by atoms with E-state index in [4.69, 9.17) is 11.6 Å². The molecule has 1 aromatic heterocycles. The Bertz CT molecular complexity index is 1420. The molecule has 0 spiro atoms. The van der Waals surface area contributed by atoms with Crippen molar-refractivity contribution in [2.75, 3.05) is 7.05 Å². The van der Waals surface area contributed by atoms with Gasteiger partial charge >= 0.3 is 0 Å². The molecule has 9 heteroatoms. The molecule has 0 N–H and O–H groups in total. The molecule has 170 valence electrons. The van der Waals surface area contributed by atoms with Crippen LogP contribution >= 0.6 is 11.6 Å². The van der Waals surface area contributed by atoms with Crippen molar-refractivity contribution in [1.29, 1.82) is 0 Å². The molecule has 1 amide bonds. The SMILES string of the molecule is CN(Cc1cccc(Cl)c1)C(=O)Cn1nc(S(=O)(=O)Cc2ccccc2)c2ccc(F)cc21. The van der Waals surface area contributed by atoms with Crippen molar-refractivity contribution in [1.82, 2.24) is 14.7 Å². The fraction of sp³-hybridized carbons (Fsp3) is 0.167. The Kier molecular flexibility index (Phi) is 6.49. The molecule has 0 saturated carbocycles. The van der Waals surface area contributed by atoms with E-state index in [-0.39, 0.29) is 34.1 Å². The van der Waals surface area contributed by atoms with Crippen LogP contribution < -0.4 is 0 Å². The van der Waals surface area contributed by atoms with Crippen molar-refractivity contribution in [3.8, 4) is 0 Å². The predicted molar refractivity (Wildman–Crippen MR) is 125 cm³/mol. The second kappa shape index (κ2) is 9.33. The van der Waals surface area contributed by atoms with Crippen LogP contribution in [0.25, 0.3) is 10.9 Å². The number of aromatic nitrogens is 2. The molecule has 1 heterocycles. The molecular weight excluding hydrogens is 465 g/mol. The fourth-order valence-corrected chi connectivity index (χ4v) is 5.29. The van der Waals surface area contributed by atoms with Gasteiger partial charge in [-0.2, -0.15) is 5.10 Å². The highest BCUT2D eigenvalue weighted by Gasteiger charge is 2.25. The molecule has 4 aromatic rings. The first kappa shape index (κ1) is 22.9. The lowest BCUT2D eigenvalue weighted by molar-refractivity contribution is -0.131. The molecule has 0 aliphatic carbocycles. The standard InChI is InChI=1S/C24H21ClFN3O3S/c1-28(14-18-8-5-9-19(25)12-18)23(30)15-29-22-13-20(26)10-11-21(22)24(27-29)33(31,32)16-17-6-3-2-4-7-17/h2-13H,14-16H2,1H3. The van der Waals surface area contributed by atoms with Gasteiger partial charge < -0.3 is 4.90 Å². The van der Waals surface area contributed by atoms with Crippen LogP contribution in [0.2, 0.25) is 5.02 Å². The quantitative estimate of drug-likeness (QED) is 0.387. The zero-order valence-corrected chi connectivity index (χ0v) is 19.4. The van der Waals surface area contributed by atoms with E-state index in [1.54, 1.807) is 55.6 Å². The maximum atomic E-state index is 14.0. The summed E-state index contributed by atoms with van der Waals surface area (Å²) in [5.41, 5.74) is 1.70. The van der Waals surface area contributed by atoms with Gasteiger partial charge in [0.15, 0.2) is 5.03 Å². The molecule has 0 saturated heterocycles. The molecule has 0 radical (unpaired) electrons. The van der Waals surface area contributed by atoms with Crippen LogP contribution in [0.15, 0.2) is 77.8 Å². The Morgan fingerprint density at radius 2 is 1.76 bits per heavy atom. The third-order valence-electron chi connectivity index (χ3n) is 5.19. The molecule has 4 rings (SSSR count). The van der Waals surface area contributed by atoms with Crippen LogP contribution in [0, 0.1) is 5.82 Å². The minimum atomic E-state index is -3.84. The summed E-state index contributed by atoms with van der Waals surface area (Å²) in [7, 11) is -2.21. The van der Waals surface area contributed by atoms with Gasteiger partial charge in [-0.25, -0.2) is 12.8 Å². The number of carbonyl (C=O) groups excluding carboxylic acids is 1. The topological polar surface area (TPSA) is 72.3 Å². The summed E-state index contributed by atoms with van der Waals surface area (Å²) in [4.78, 5) is 14.4. The molecule has 6 nitrogen and oxygen atoms in total. The number of sulfone groups is 1. The lowest BCUT2D eigenvalue weighted by Crippen LogP contribution is -2.30. The summed E-state index contributed by atoms with van der Waals surface area (Å²) < 4.78 is 41.5. The van der Waals surface area contributed by atoms with Gasteiger partial charge in [-0.1, -0.05) is 54.1 Å². The van der Waals surface area contributed by atoms with E-state index in [0.29, 0.717) is 17.1 Å². The molecule has 0 bridgehead atoms. The van der Waals surface area contributed by atoms with Crippen LogP contribution in [0.5, 0.6) is 0 Å². The first-order chi connectivity index (χ1) is 15.7. The number of hydrogen-bond acceptors (Lipinski definition) is 4. The van der Waals surface area contributed by atoms with E-state index >= 15 is 0 Å². The number of amides is 1. The van der Waals surface area contributed by atoms with Gasteiger partial charge in [-0.15, -0.1) is 0 Å². The highest BCUT2D eigenvalue weighted by molar-refractivity contribution is 7.90. The Morgan fingerprint density at radius 1 is 1.03 bits per heavy atom. The number of halogens is 2. The van der Waals surface area contributed by atoms with Crippen molar-refractivity contribution >= 4 is 38.2 Å². The van der Waals surface area contributed by atoms with E-state index < -0.39 is 15.7 Å². The average molecular weight is 486 g/mol. The van der Waals surface area contributed by atoms with Crippen molar-refractivity contribution in [2.45, 2.75) is 23.9 Å². The van der Waals surface area contributed by atoms with Crippen LogP contribution in [-0.4, -0.2) is 36.1 Å². The third-order valence-corrected chi connectivity index (χ3v) is 7.03. The number of rotatable bonds is 7. The largest absolute Gasteiger partial charge is 0.340 e. The normalized spacial score (nSPS) is 11.6. The van der Waals surface area contributed by atoms with E-state index in [2.05, 4.69) is 5.10 Å². The zero-order chi connectivity index (χ0) is 23.6. The number of fused-ring (bicyclic) bond motifs is 1. The Balaban J connectivity index is 1.64. The molecule has 33 heavy (non-hydrogen) atoms. The summed E-state index contributed by atoms with van der Waals surface area (Å²) >= 11 is 6.01. The number of hydrogen-bond donors (Lipinski definition) is 0. The van der Waals surface area contributed by atoms with Crippen molar-refractivity contribution in [2.24, 2.45) is 0 Å². The van der Waals surface area contributed by atoms with Gasteiger partial charge in [0.2, 0.25) is 15.7 Å². The molecule has 0 aliphatic rings. The Hall–Kier alpha value is -3.23. The molecule has 0 fully saturated rings. The monoisotopic (exact) mass is 485 g/mol. The van der Waals surface area contributed by atoms with Gasteiger partial charge in [0.05, 0.1) is 11.3 Å². The van der Waals surface area contributed by atoms with E-state index in [0.717, 1.165) is 5.56 Å². The Labute approximate surface area is 196 Å². The lowest BCUT2D eigenvalue weighted by atomic mass is 10.2. The van der Waals surface area contributed by atoms with Crippen LogP contribution in [0.4, 0.5) is 4.39 Å². The van der Waals surface area contributed by atoms with E-state index in [9.17, 15) is 17.6 Å². The fourth-order valence-electron chi connectivity index (χ4n) is 3.58. The van der Waals surface area contributed by atoms with Gasteiger partial charge in [0, 0.05) is 24.0 Å². The second-order valence-corrected chi connectivity index (χ2v) is 10.1. The maximum absolute atomic E-state index is 14.0. The van der Waals surface area contributed by atoms with Gasteiger partial charge in [-0.3, -0.25) is 9.48 Å².